The Bertz CT molecular complexity index is 719. The van der Waals surface area contributed by atoms with Crippen LogP contribution < -0.4 is 0 Å². The highest BCUT2D eigenvalue weighted by Gasteiger charge is 2.15. The fraction of sp³-hybridized carbons (Fsp3) is 0.125. The van der Waals surface area contributed by atoms with Crippen molar-refractivity contribution in [3.63, 3.8) is 0 Å². The molecule has 1 N–H and O–H groups in total. The molecule has 19 heavy (non-hydrogen) atoms. The van der Waals surface area contributed by atoms with E-state index in [-0.39, 0.29) is 0 Å². The van der Waals surface area contributed by atoms with Crippen LogP contribution in [-0.4, -0.2) is 15.1 Å². The Morgan fingerprint density at radius 3 is 2.68 bits per heavy atom. The number of pyridine rings is 2. The molecule has 0 spiro atoms. The first-order chi connectivity index (χ1) is 9.25. The van der Waals surface area contributed by atoms with E-state index in [1.165, 1.54) is 0 Å². The van der Waals surface area contributed by atoms with Gasteiger partial charge in [0.05, 0.1) is 11.2 Å². The van der Waals surface area contributed by atoms with E-state index in [0.29, 0.717) is 5.69 Å². The number of rotatable bonds is 2. The third kappa shape index (κ3) is 2.20. The molecule has 0 radical (unpaired) electrons. The number of aliphatic hydroxyl groups excluding tert-OH is 1. The molecule has 0 bridgehead atoms. The summed E-state index contributed by atoms with van der Waals surface area (Å²) in [6, 6.07) is 13.5. The molecule has 3 aromatic rings. The van der Waals surface area contributed by atoms with Gasteiger partial charge in [0, 0.05) is 23.3 Å². The van der Waals surface area contributed by atoms with Crippen LogP contribution in [0.3, 0.4) is 0 Å². The van der Waals surface area contributed by atoms with Gasteiger partial charge >= 0.3 is 0 Å². The number of benzene rings is 1. The minimum absolute atomic E-state index is 0.651. The lowest BCUT2D eigenvalue weighted by atomic mass is 10.0. The number of aliphatic hydroxyl groups is 1. The molecule has 1 atom stereocenters. The number of hydrogen-bond acceptors (Lipinski definition) is 3. The minimum Gasteiger partial charge on any atom is -0.382 e. The summed E-state index contributed by atoms with van der Waals surface area (Å²) in [5, 5.41) is 11.5. The van der Waals surface area contributed by atoms with Crippen molar-refractivity contribution in [3.05, 3.63) is 71.7 Å². The van der Waals surface area contributed by atoms with Crippen molar-refractivity contribution in [1.29, 1.82) is 0 Å². The van der Waals surface area contributed by atoms with Crippen LogP contribution in [0, 0.1) is 6.92 Å². The number of nitrogens with zero attached hydrogens (tertiary/aromatic N) is 2. The highest BCUT2D eigenvalue weighted by molar-refractivity contribution is 5.82. The maximum atomic E-state index is 10.5. The van der Waals surface area contributed by atoms with E-state index in [9.17, 15) is 5.11 Å². The first-order valence-corrected chi connectivity index (χ1v) is 6.20. The zero-order valence-electron chi connectivity index (χ0n) is 10.6. The molecule has 0 saturated carbocycles. The molecule has 0 amide bonds. The number of aryl methyl sites for hydroxylation is 1. The van der Waals surface area contributed by atoms with Crippen molar-refractivity contribution in [2.75, 3.05) is 0 Å². The summed E-state index contributed by atoms with van der Waals surface area (Å²) in [6.07, 6.45) is 2.70. The van der Waals surface area contributed by atoms with Gasteiger partial charge in [0.2, 0.25) is 0 Å². The predicted molar refractivity (Wildman–Crippen MR) is 74.8 cm³/mol. The van der Waals surface area contributed by atoms with Crippen molar-refractivity contribution in [1.82, 2.24) is 9.97 Å². The van der Waals surface area contributed by atoms with Gasteiger partial charge in [-0.15, -0.1) is 0 Å². The third-order valence-corrected chi connectivity index (χ3v) is 3.18. The van der Waals surface area contributed by atoms with Gasteiger partial charge in [0.25, 0.3) is 0 Å². The van der Waals surface area contributed by atoms with E-state index in [4.69, 9.17) is 0 Å². The van der Waals surface area contributed by atoms with E-state index < -0.39 is 6.10 Å². The largest absolute Gasteiger partial charge is 0.382 e. The van der Waals surface area contributed by atoms with Crippen molar-refractivity contribution in [3.8, 4) is 0 Å². The normalized spacial score (nSPS) is 12.5. The Balaban J connectivity index is 2.14. The second kappa shape index (κ2) is 4.78. The topological polar surface area (TPSA) is 46.0 Å². The molecule has 1 unspecified atom stereocenters. The summed E-state index contributed by atoms with van der Waals surface area (Å²) >= 11 is 0. The van der Waals surface area contributed by atoms with Crippen LogP contribution in [-0.2, 0) is 0 Å². The van der Waals surface area contributed by atoms with Gasteiger partial charge in [0.15, 0.2) is 0 Å². The molecule has 0 saturated heterocycles. The summed E-state index contributed by atoms with van der Waals surface area (Å²) < 4.78 is 0. The average Bonchev–Trinajstić information content (AvgIpc) is 2.46. The molecule has 3 nitrogen and oxygen atoms in total. The van der Waals surface area contributed by atoms with Gasteiger partial charge in [-0.05, 0) is 30.7 Å². The molecule has 94 valence electrons. The lowest BCUT2D eigenvalue weighted by Crippen LogP contribution is -2.04. The van der Waals surface area contributed by atoms with E-state index >= 15 is 0 Å². The van der Waals surface area contributed by atoms with E-state index in [0.717, 1.165) is 22.0 Å². The van der Waals surface area contributed by atoms with Gasteiger partial charge in [0.1, 0.15) is 6.10 Å². The lowest BCUT2D eigenvalue weighted by Gasteiger charge is -2.13. The second-order valence-electron chi connectivity index (χ2n) is 4.58. The lowest BCUT2D eigenvalue weighted by molar-refractivity contribution is 0.216. The highest BCUT2D eigenvalue weighted by atomic mass is 16.3. The van der Waals surface area contributed by atoms with Gasteiger partial charge in [-0.1, -0.05) is 24.3 Å². The molecular weight excluding hydrogens is 236 g/mol. The molecule has 3 heteroatoms. The van der Waals surface area contributed by atoms with Gasteiger partial charge in [-0.25, -0.2) is 0 Å². The van der Waals surface area contributed by atoms with Crippen LogP contribution in [0.5, 0.6) is 0 Å². The molecule has 0 fully saturated rings. The summed E-state index contributed by atoms with van der Waals surface area (Å²) in [5.41, 5.74) is 3.34. The summed E-state index contributed by atoms with van der Waals surface area (Å²) in [7, 11) is 0. The average molecular weight is 250 g/mol. The molecule has 3 rings (SSSR count). The molecular formula is C16H14N2O. The Morgan fingerprint density at radius 1 is 1.00 bits per heavy atom. The third-order valence-electron chi connectivity index (χ3n) is 3.18. The van der Waals surface area contributed by atoms with Crippen molar-refractivity contribution in [2.45, 2.75) is 13.0 Å². The summed E-state index contributed by atoms with van der Waals surface area (Å²) in [4.78, 5) is 8.61. The van der Waals surface area contributed by atoms with Crippen LogP contribution in [0.4, 0.5) is 0 Å². The van der Waals surface area contributed by atoms with Crippen molar-refractivity contribution < 1.29 is 5.11 Å². The van der Waals surface area contributed by atoms with Crippen molar-refractivity contribution >= 4 is 10.9 Å². The standard InChI is InChI=1S/C16H14N2O/c1-11-7-9-17-14(10-11)16(19)13-6-2-4-12-5-3-8-18-15(12)13/h2-10,16,19H,1H3. The van der Waals surface area contributed by atoms with Crippen LogP contribution in [0.1, 0.15) is 22.9 Å². The zero-order chi connectivity index (χ0) is 13.2. The Morgan fingerprint density at radius 2 is 1.84 bits per heavy atom. The zero-order valence-corrected chi connectivity index (χ0v) is 10.6. The minimum atomic E-state index is -0.751. The molecule has 2 heterocycles. The quantitative estimate of drug-likeness (QED) is 0.760. The SMILES string of the molecule is Cc1ccnc(C(O)c2cccc3cccnc23)c1. The van der Waals surface area contributed by atoms with E-state index in [2.05, 4.69) is 9.97 Å². The predicted octanol–water partition coefficient (Wildman–Crippen LogP) is 3.02. The van der Waals surface area contributed by atoms with Crippen molar-refractivity contribution in [2.24, 2.45) is 0 Å². The van der Waals surface area contributed by atoms with Crippen LogP contribution >= 0.6 is 0 Å². The maximum absolute atomic E-state index is 10.5. The van der Waals surface area contributed by atoms with Crippen LogP contribution in [0.2, 0.25) is 0 Å². The van der Waals surface area contributed by atoms with Crippen LogP contribution in [0.15, 0.2) is 54.9 Å². The highest BCUT2D eigenvalue weighted by Crippen LogP contribution is 2.26. The summed E-state index contributed by atoms with van der Waals surface area (Å²) in [5.74, 6) is 0. The second-order valence-corrected chi connectivity index (χ2v) is 4.58. The van der Waals surface area contributed by atoms with Crippen LogP contribution in [0.25, 0.3) is 10.9 Å². The fourth-order valence-corrected chi connectivity index (χ4v) is 2.22. The Hall–Kier alpha value is -2.26. The molecule has 0 aliphatic rings. The van der Waals surface area contributed by atoms with Gasteiger partial charge in [-0.3, -0.25) is 9.97 Å². The van der Waals surface area contributed by atoms with E-state index in [1.54, 1.807) is 12.4 Å². The fourth-order valence-electron chi connectivity index (χ4n) is 2.22. The first kappa shape index (κ1) is 11.8. The molecule has 2 aromatic heterocycles. The number of hydrogen-bond donors (Lipinski definition) is 1. The maximum Gasteiger partial charge on any atom is 0.123 e. The monoisotopic (exact) mass is 250 g/mol. The Kier molecular flexibility index (Phi) is 2.97. The number of fused-ring (bicyclic) bond motifs is 1. The number of aromatic nitrogens is 2. The Labute approximate surface area is 111 Å². The smallest absolute Gasteiger partial charge is 0.123 e. The molecule has 0 aliphatic heterocycles. The van der Waals surface area contributed by atoms with E-state index in [1.807, 2.05) is 49.4 Å². The molecule has 0 aliphatic carbocycles. The first-order valence-electron chi connectivity index (χ1n) is 6.20. The summed E-state index contributed by atoms with van der Waals surface area (Å²) in [6.45, 7) is 1.99. The number of para-hydroxylation sites is 1. The molecule has 1 aromatic carbocycles. The van der Waals surface area contributed by atoms with Gasteiger partial charge in [-0.2, -0.15) is 0 Å². The van der Waals surface area contributed by atoms with Gasteiger partial charge < -0.3 is 5.11 Å².